The number of sulfone groups is 1. The van der Waals surface area contributed by atoms with Crippen LogP contribution in [-0.4, -0.2) is 116 Å². The van der Waals surface area contributed by atoms with Crippen LogP contribution in [-0.2, 0) is 54.6 Å². The first-order chi connectivity index (χ1) is 27.4. The smallest absolute Gasteiger partial charge is 0.391 e. The van der Waals surface area contributed by atoms with Crippen molar-refractivity contribution >= 4 is 57.5 Å². The molecule has 0 saturated carbocycles. The number of amides is 6. The fraction of sp³-hybridized carbons (Fsp3) is 0.641. The number of halogens is 3. The van der Waals surface area contributed by atoms with E-state index in [0.717, 1.165) is 11.8 Å². The summed E-state index contributed by atoms with van der Waals surface area (Å²) >= 11 is 0. The van der Waals surface area contributed by atoms with Crippen molar-refractivity contribution in [3.63, 3.8) is 0 Å². The summed E-state index contributed by atoms with van der Waals surface area (Å²) in [5, 5.41) is 23.3. The van der Waals surface area contributed by atoms with Gasteiger partial charge in [0.1, 0.15) is 46.3 Å². The van der Waals surface area contributed by atoms with E-state index < -0.39 is 130 Å². The molecule has 0 bridgehead atoms. The molecule has 17 nitrogen and oxygen atoms in total. The van der Waals surface area contributed by atoms with Crippen molar-refractivity contribution in [2.24, 2.45) is 17.3 Å². The number of aldehydes is 1. The number of aliphatic carboxylic acids is 1. The van der Waals surface area contributed by atoms with E-state index >= 15 is 0 Å². The number of nitrogens with one attached hydrogen (secondary N) is 6. The summed E-state index contributed by atoms with van der Waals surface area (Å²) < 4.78 is 63.4. The summed E-state index contributed by atoms with van der Waals surface area (Å²) in [7, 11) is -3.91. The monoisotopic (exact) mass is 876 g/mol. The number of benzene rings is 1. The molecular formula is C39H59F3N6O11S. The van der Waals surface area contributed by atoms with Gasteiger partial charge >= 0.3 is 12.1 Å². The molecule has 0 saturated heterocycles. The van der Waals surface area contributed by atoms with E-state index in [0.29, 0.717) is 5.56 Å². The molecule has 338 valence electrons. The Morgan fingerprint density at radius 3 is 1.78 bits per heavy atom. The first kappa shape index (κ1) is 52.9. The molecule has 0 spiro atoms. The quantitative estimate of drug-likeness (QED) is 0.0770. The van der Waals surface area contributed by atoms with Crippen LogP contribution in [0.4, 0.5) is 13.2 Å². The van der Waals surface area contributed by atoms with Gasteiger partial charge in [-0.05, 0) is 41.7 Å². The van der Waals surface area contributed by atoms with Crippen molar-refractivity contribution in [1.29, 1.82) is 0 Å². The van der Waals surface area contributed by atoms with E-state index in [1.54, 1.807) is 79.7 Å². The SMILES string of the molecule is Cc1ccccc1C[C@H](NC(=O)[C@H](NC(=O)[C@@H](CS(C)(=O)=O)NC(=O)CCC(=O)O)C(C)C)C(=O)N[C@H](C(=O)N[C@@H](CC(C)C)C(=O)N[C@H](C=O)CC(F)(F)F)C(C)(C)C. The van der Waals surface area contributed by atoms with Crippen LogP contribution in [0.3, 0.4) is 0 Å². The molecule has 0 aromatic heterocycles. The summed E-state index contributed by atoms with van der Waals surface area (Å²) in [5.41, 5.74) is 0.261. The molecule has 0 unspecified atom stereocenters. The Labute approximate surface area is 348 Å². The van der Waals surface area contributed by atoms with Gasteiger partial charge in [-0.15, -0.1) is 0 Å². The van der Waals surface area contributed by atoms with Crippen molar-refractivity contribution in [3.8, 4) is 0 Å². The highest BCUT2D eigenvalue weighted by molar-refractivity contribution is 7.90. The highest BCUT2D eigenvalue weighted by Crippen LogP contribution is 2.23. The number of alkyl halides is 3. The van der Waals surface area contributed by atoms with E-state index in [1.807, 2.05) is 5.32 Å². The Morgan fingerprint density at radius 2 is 1.30 bits per heavy atom. The third-order valence-corrected chi connectivity index (χ3v) is 9.89. The largest absolute Gasteiger partial charge is 0.481 e. The van der Waals surface area contributed by atoms with E-state index in [4.69, 9.17) is 5.11 Å². The minimum absolute atomic E-state index is 0.0503. The number of carbonyl (C=O) groups excluding carboxylic acids is 7. The summed E-state index contributed by atoms with van der Waals surface area (Å²) in [6, 6.07) is -2.43. The second kappa shape index (κ2) is 23.1. The lowest BCUT2D eigenvalue weighted by molar-refractivity contribution is -0.147. The van der Waals surface area contributed by atoms with Crippen molar-refractivity contribution in [2.45, 2.75) is 130 Å². The van der Waals surface area contributed by atoms with Crippen molar-refractivity contribution < 1.29 is 65.1 Å². The van der Waals surface area contributed by atoms with Gasteiger partial charge in [-0.1, -0.05) is 72.7 Å². The van der Waals surface area contributed by atoms with E-state index in [-0.39, 0.29) is 25.0 Å². The topological polar surface area (TPSA) is 263 Å². The summed E-state index contributed by atoms with van der Waals surface area (Å²) in [5.74, 6) is -8.90. The van der Waals surface area contributed by atoms with Crippen LogP contribution in [0.2, 0.25) is 0 Å². The number of rotatable bonds is 23. The van der Waals surface area contributed by atoms with Crippen molar-refractivity contribution in [1.82, 2.24) is 31.9 Å². The predicted octanol–water partition coefficient (Wildman–Crippen LogP) is 1.26. The third kappa shape index (κ3) is 19.8. The Bertz CT molecular complexity index is 1820. The molecule has 0 radical (unpaired) electrons. The Balaban J connectivity index is 3.52. The maximum absolute atomic E-state index is 14.2. The number of hydrogen-bond donors (Lipinski definition) is 7. The number of aryl methyl sites for hydroxylation is 1. The summed E-state index contributed by atoms with van der Waals surface area (Å²) in [6.07, 6.45) is -7.00. The standard InChI is InChI=1S/C39H59F3N6O11S/c1-21(2)16-26(33(53)43-25(19-49)18-39(40,41)42)46-37(57)32(38(6,7)8)48-34(54)27(17-24-13-11-10-12-23(24)5)45-36(56)31(22(3)4)47-35(55)28(20-60(9,58)59)44-29(50)14-15-30(51)52/h10-13,19,21-22,25-28,31-32H,14-18,20H2,1-9H3,(H,43,53)(H,44,50)(H,45,56)(H,46,57)(H,47,55)(H,48,54)(H,51,52)/t25-,26-,27-,28+,31+,32+/m0/s1. The van der Waals surface area contributed by atoms with Gasteiger partial charge in [0.05, 0.1) is 24.6 Å². The van der Waals surface area contributed by atoms with Crippen LogP contribution in [0.25, 0.3) is 0 Å². The van der Waals surface area contributed by atoms with Gasteiger partial charge in [-0.2, -0.15) is 13.2 Å². The molecular weight excluding hydrogens is 818 g/mol. The van der Waals surface area contributed by atoms with Crippen LogP contribution in [0.15, 0.2) is 24.3 Å². The van der Waals surface area contributed by atoms with Crippen LogP contribution < -0.4 is 31.9 Å². The van der Waals surface area contributed by atoms with Gasteiger partial charge in [0, 0.05) is 19.1 Å². The van der Waals surface area contributed by atoms with Crippen LogP contribution in [0, 0.1) is 24.2 Å². The first-order valence-corrected chi connectivity index (χ1v) is 21.3. The van der Waals surface area contributed by atoms with Gasteiger partial charge in [0.2, 0.25) is 35.4 Å². The second-order valence-electron chi connectivity index (χ2n) is 16.6. The number of carboxylic acid groups (broad SMARTS) is 1. The lowest BCUT2D eigenvalue weighted by Gasteiger charge is -2.34. The Hall–Kier alpha value is -5.08. The van der Waals surface area contributed by atoms with Gasteiger partial charge in [-0.25, -0.2) is 8.42 Å². The molecule has 60 heavy (non-hydrogen) atoms. The number of hydrogen-bond acceptors (Lipinski definition) is 10. The first-order valence-electron chi connectivity index (χ1n) is 19.2. The molecule has 6 amide bonds. The van der Waals surface area contributed by atoms with Crippen molar-refractivity contribution in [2.75, 3.05) is 12.0 Å². The molecule has 1 aromatic carbocycles. The maximum Gasteiger partial charge on any atom is 0.391 e. The van der Waals surface area contributed by atoms with Gasteiger partial charge in [0.15, 0.2) is 0 Å². The fourth-order valence-corrected chi connectivity index (χ4v) is 6.67. The zero-order valence-corrected chi connectivity index (χ0v) is 36.1. The highest BCUT2D eigenvalue weighted by atomic mass is 32.2. The molecule has 6 atom stereocenters. The van der Waals surface area contributed by atoms with Crippen LogP contribution in [0.1, 0.15) is 85.3 Å². The lowest BCUT2D eigenvalue weighted by atomic mass is 9.85. The average molecular weight is 877 g/mol. The molecule has 0 fully saturated rings. The summed E-state index contributed by atoms with van der Waals surface area (Å²) in [6.45, 7) is 13.0. The van der Waals surface area contributed by atoms with E-state index in [9.17, 15) is 59.9 Å². The zero-order valence-electron chi connectivity index (χ0n) is 35.3. The highest BCUT2D eigenvalue weighted by Gasteiger charge is 2.39. The lowest BCUT2D eigenvalue weighted by Crippen LogP contribution is -2.62. The average Bonchev–Trinajstić information content (AvgIpc) is 3.09. The molecule has 0 aliphatic heterocycles. The minimum atomic E-state index is -4.77. The van der Waals surface area contributed by atoms with Crippen LogP contribution in [0.5, 0.6) is 0 Å². The third-order valence-electron chi connectivity index (χ3n) is 8.95. The fourth-order valence-electron chi connectivity index (χ4n) is 5.83. The van der Waals surface area contributed by atoms with Gasteiger partial charge in [0.25, 0.3) is 0 Å². The maximum atomic E-state index is 14.2. The normalized spacial score (nSPS) is 15.0. The molecule has 0 aliphatic carbocycles. The van der Waals surface area contributed by atoms with Crippen LogP contribution >= 0.6 is 0 Å². The number of carbonyl (C=O) groups is 8. The number of carboxylic acids is 1. The predicted molar refractivity (Wildman–Crippen MR) is 214 cm³/mol. The molecule has 1 aromatic rings. The minimum Gasteiger partial charge on any atom is -0.481 e. The molecule has 0 heterocycles. The molecule has 1 rings (SSSR count). The van der Waals surface area contributed by atoms with Gasteiger partial charge in [-0.3, -0.25) is 33.6 Å². The molecule has 7 N–H and O–H groups in total. The summed E-state index contributed by atoms with van der Waals surface area (Å²) in [4.78, 5) is 103. The van der Waals surface area contributed by atoms with Gasteiger partial charge < -0.3 is 41.8 Å². The Morgan fingerprint density at radius 1 is 0.750 bits per heavy atom. The van der Waals surface area contributed by atoms with E-state index in [2.05, 4.69) is 26.6 Å². The molecule has 21 heteroatoms. The zero-order chi connectivity index (χ0) is 46.3. The molecule has 0 aliphatic rings. The van der Waals surface area contributed by atoms with E-state index in [1.165, 1.54) is 0 Å². The second-order valence-corrected chi connectivity index (χ2v) is 18.8. The van der Waals surface area contributed by atoms with Crippen molar-refractivity contribution in [3.05, 3.63) is 35.4 Å². The Kier molecular flexibility index (Phi) is 20.3.